The zero-order valence-corrected chi connectivity index (χ0v) is 16.4. The zero-order valence-electron chi connectivity index (χ0n) is 16.4. The topological polar surface area (TPSA) is 8.81 Å². The molecule has 0 saturated carbocycles. The van der Waals surface area contributed by atoms with Gasteiger partial charge in [-0.2, -0.15) is 0 Å². The van der Waals surface area contributed by atoms with Gasteiger partial charge in [-0.05, 0) is 38.5 Å². The molecule has 0 saturated heterocycles. The summed E-state index contributed by atoms with van der Waals surface area (Å²) in [6.07, 6.45) is 30.6. The third-order valence-corrected chi connectivity index (χ3v) is 4.75. The van der Waals surface area contributed by atoms with Crippen LogP contribution in [0.5, 0.6) is 0 Å². The van der Waals surface area contributed by atoms with E-state index in [2.05, 4.69) is 54.0 Å². The maximum Gasteiger partial charge on any atom is 0.243 e. The summed E-state index contributed by atoms with van der Waals surface area (Å²) in [5, 5.41) is 0. The lowest BCUT2D eigenvalue weighted by Crippen LogP contribution is -2.30. The summed E-state index contributed by atoms with van der Waals surface area (Å²) < 4.78 is 4.40. The van der Waals surface area contributed by atoms with Gasteiger partial charge in [-0.1, -0.05) is 70.4 Å². The Labute approximate surface area is 151 Å². The Morgan fingerprint density at radius 2 is 1.29 bits per heavy atom. The first kappa shape index (κ1) is 21.0. The molecule has 0 spiro atoms. The number of aryl methyl sites for hydroxylation is 2. The van der Waals surface area contributed by atoms with Gasteiger partial charge in [0.1, 0.15) is 12.4 Å². The van der Waals surface area contributed by atoms with E-state index >= 15 is 0 Å². The predicted octanol–water partition coefficient (Wildman–Crippen LogP) is 6.35. The molecular formula is C22H41N2+. The van der Waals surface area contributed by atoms with Crippen molar-refractivity contribution in [3.63, 3.8) is 0 Å². The highest BCUT2D eigenvalue weighted by molar-refractivity contribution is 4.81. The van der Waals surface area contributed by atoms with Crippen LogP contribution in [0.2, 0.25) is 0 Å². The van der Waals surface area contributed by atoms with Crippen molar-refractivity contribution in [2.24, 2.45) is 7.05 Å². The molecule has 2 heteroatoms. The summed E-state index contributed by atoms with van der Waals surface area (Å²) in [6.45, 7) is 3.45. The highest BCUT2D eigenvalue weighted by Gasteiger charge is 1.99. The summed E-state index contributed by atoms with van der Waals surface area (Å²) in [4.78, 5) is 0. The number of allylic oxidation sites excluding steroid dienone is 2. The van der Waals surface area contributed by atoms with Crippen LogP contribution in [0.4, 0.5) is 0 Å². The van der Waals surface area contributed by atoms with Crippen molar-refractivity contribution in [2.45, 2.75) is 103 Å². The van der Waals surface area contributed by atoms with Gasteiger partial charge in [-0.3, -0.25) is 0 Å². The molecule has 1 aromatic rings. The van der Waals surface area contributed by atoms with Crippen molar-refractivity contribution in [3.05, 3.63) is 30.9 Å². The summed E-state index contributed by atoms with van der Waals surface area (Å²) >= 11 is 0. The minimum Gasteiger partial charge on any atom is -0.240 e. The van der Waals surface area contributed by atoms with Crippen molar-refractivity contribution in [1.82, 2.24) is 4.57 Å². The average Bonchev–Trinajstić information content (AvgIpc) is 3.00. The van der Waals surface area contributed by atoms with E-state index in [1.807, 2.05) is 0 Å². The molecule has 1 heterocycles. The maximum absolute atomic E-state index is 2.41. The number of nitrogens with zero attached hydrogens (tertiary/aromatic N) is 2. The maximum atomic E-state index is 2.41. The quantitative estimate of drug-likeness (QED) is 0.189. The lowest BCUT2D eigenvalue weighted by molar-refractivity contribution is -0.696. The Balaban J connectivity index is 1.76. The molecule has 24 heavy (non-hydrogen) atoms. The van der Waals surface area contributed by atoms with E-state index < -0.39 is 0 Å². The second kappa shape index (κ2) is 15.5. The molecule has 0 radical (unpaired) electrons. The predicted molar refractivity (Wildman–Crippen MR) is 105 cm³/mol. The van der Waals surface area contributed by atoms with Gasteiger partial charge in [0, 0.05) is 0 Å². The molecular weight excluding hydrogens is 292 g/mol. The molecule has 0 unspecified atom stereocenters. The minimum atomic E-state index is 1.17. The van der Waals surface area contributed by atoms with E-state index in [1.165, 1.54) is 96.4 Å². The van der Waals surface area contributed by atoms with Gasteiger partial charge >= 0.3 is 0 Å². The lowest BCUT2D eigenvalue weighted by Gasteiger charge is -2.00. The number of imidazole rings is 1. The molecule has 0 aliphatic rings. The van der Waals surface area contributed by atoms with Crippen LogP contribution in [-0.4, -0.2) is 4.57 Å². The van der Waals surface area contributed by atoms with Crippen molar-refractivity contribution >= 4 is 0 Å². The number of rotatable bonds is 16. The largest absolute Gasteiger partial charge is 0.243 e. The van der Waals surface area contributed by atoms with Gasteiger partial charge in [-0.25, -0.2) is 9.13 Å². The molecule has 0 aliphatic carbocycles. The highest BCUT2D eigenvalue weighted by Crippen LogP contribution is 2.09. The summed E-state index contributed by atoms with van der Waals surface area (Å²) in [5.41, 5.74) is 0. The van der Waals surface area contributed by atoms with Crippen LogP contribution >= 0.6 is 0 Å². The fraction of sp³-hybridized carbons (Fsp3) is 0.773. The summed E-state index contributed by atoms with van der Waals surface area (Å²) in [6, 6.07) is 0. The molecule has 0 bridgehead atoms. The Bertz CT molecular complexity index is 406. The van der Waals surface area contributed by atoms with E-state index in [4.69, 9.17) is 0 Å². The standard InChI is InChI=1S/C22H41N2/c1-3-4-5-6-7-8-9-10-11-12-13-14-15-16-17-18-19-24-21-20-23(2)22-24/h10-11,20-22H,3-9,12-19H2,1-2H3/q+1. The first-order valence-corrected chi connectivity index (χ1v) is 10.5. The molecule has 0 aromatic carbocycles. The Morgan fingerprint density at radius 1 is 0.750 bits per heavy atom. The van der Waals surface area contributed by atoms with Gasteiger partial charge in [0.15, 0.2) is 0 Å². The van der Waals surface area contributed by atoms with Crippen LogP contribution in [0.25, 0.3) is 0 Å². The van der Waals surface area contributed by atoms with Gasteiger partial charge in [0.2, 0.25) is 6.33 Å². The molecule has 1 rings (SSSR count). The van der Waals surface area contributed by atoms with E-state index in [1.54, 1.807) is 0 Å². The SMILES string of the molecule is CCCCCCCCC=CCCCCCCCC[n+]1ccn(C)c1. The van der Waals surface area contributed by atoms with Crippen molar-refractivity contribution in [3.8, 4) is 0 Å². The second-order valence-electron chi connectivity index (χ2n) is 7.25. The highest BCUT2D eigenvalue weighted by atomic mass is 15.1. The van der Waals surface area contributed by atoms with Crippen LogP contribution in [0.15, 0.2) is 30.9 Å². The van der Waals surface area contributed by atoms with Gasteiger partial charge < -0.3 is 0 Å². The fourth-order valence-corrected chi connectivity index (χ4v) is 3.18. The smallest absolute Gasteiger partial charge is 0.240 e. The molecule has 138 valence electrons. The van der Waals surface area contributed by atoms with Gasteiger partial charge in [-0.15, -0.1) is 0 Å². The van der Waals surface area contributed by atoms with Crippen molar-refractivity contribution < 1.29 is 4.57 Å². The first-order chi connectivity index (χ1) is 11.8. The zero-order chi connectivity index (χ0) is 17.3. The molecule has 0 fully saturated rings. The number of hydrogen-bond donors (Lipinski definition) is 0. The molecule has 2 nitrogen and oxygen atoms in total. The van der Waals surface area contributed by atoms with Crippen molar-refractivity contribution in [1.29, 1.82) is 0 Å². The van der Waals surface area contributed by atoms with E-state index in [0.717, 1.165) is 0 Å². The minimum absolute atomic E-state index is 1.17. The summed E-state index contributed by atoms with van der Waals surface area (Å²) in [5.74, 6) is 0. The lowest BCUT2D eigenvalue weighted by atomic mass is 10.1. The Hall–Kier alpha value is -1.05. The third kappa shape index (κ3) is 12.4. The second-order valence-corrected chi connectivity index (χ2v) is 7.25. The van der Waals surface area contributed by atoms with Crippen molar-refractivity contribution in [2.75, 3.05) is 0 Å². The molecule has 0 N–H and O–H groups in total. The van der Waals surface area contributed by atoms with Crippen LogP contribution in [0, 0.1) is 0 Å². The first-order valence-electron chi connectivity index (χ1n) is 10.5. The summed E-state index contributed by atoms with van der Waals surface area (Å²) in [7, 11) is 2.08. The third-order valence-electron chi connectivity index (χ3n) is 4.75. The Morgan fingerprint density at radius 3 is 1.83 bits per heavy atom. The fourth-order valence-electron chi connectivity index (χ4n) is 3.18. The average molecular weight is 334 g/mol. The number of hydrogen-bond acceptors (Lipinski definition) is 0. The number of unbranched alkanes of at least 4 members (excludes halogenated alkanes) is 12. The van der Waals surface area contributed by atoms with Gasteiger partial charge in [0.05, 0.1) is 13.6 Å². The van der Waals surface area contributed by atoms with Crippen LogP contribution in [-0.2, 0) is 13.6 Å². The molecule has 0 aliphatic heterocycles. The monoisotopic (exact) mass is 333 g/mol. The molecule has 0 amide bonds. The van der Waals surface area contributed by atoms with Crippen LogP contribution < -0.4 is 4.57 Å². The van der Waals surface area contributed by atoms with E-state index in [0.29, 0.717) is 0 Å². The van der Waals surface area contributed by atoms with Crippen LogP contribution in [0.3, 0.4) is 0 Å². The van der Waals surface area contributed by atoms with E-state index in [9.17, 15) is 0 Å². The Kier molecular flexibility index (Phi) is 13.5. The van der Waals surface area contributed by atoms with Crippen LogP contribution in [0.1, 0.15) is 96.8 Å². The molecule has 0 atom stereocenters. The van der Waals surface area contributed by atoms with E-state index in [-0.39, 0.29) is 0 Å². The van der Waals surface area contributed by atoms with Gasteiger partial charge in [0.25, 0.3) is 0 Å². The number of aromatic nitrogens is 2. The molecule has 1 aromatic heterocycles. The normalized spacial score (nSPS) is 11.6.